The number of carbonyl (C=O) groups excluding carboxylic acids is 1. The number of ether oxygens (including phenoxy) is 1. The minimum Gasteiger partial charge on any atom is -0.459 e. The molecule has 3 heterocycles. The minimum absolute atomic E-state index is 0.0970. The van der Waals surface area contributed by atoms with Gasteiger partial charge in [-0.25, -0.2) is 4.98 Å². The number of aromatic nitrogens is 1. The van der Waals surface area contributed by atoms with Gasteiger partial charge in [0.1, 0.15) is 10.6 Å². The molecule has 6 heteroatoms. The molecule has 0 spiro atoms. The molecule has 1 aliphatic heterocycles. The van der Waals surface area contributed by atoms with E-state index < -0.39 is 0 Å². The zero-order valence-corrected chi connectivity index (χ0v) is 14.9. The van der Waals surface area contributed by atoms with Gasteiger partial charge >= 0.3 is 0 Å². The van der Waals surface area contributed by atoms with Crippen LogP contribution in [-0.2, 0) is 4.74 Å². The Morgan fingerprint density at radius 3 is 2.92 bits per heavy atom. The largest absolute Gasteiger partial charge is 0.459 e. The van der Waals surface area contributed by atoms with Crippen LogP contribution in [0, 0.1) is 13.8 Å². The first-order chi connectivity index (χ1) is 11.6. The Bertz CT molecular complexity index is 749. The molecule has 1 saturated heterocycles. The first-order valence-electron chi connectivity index (χ1n) is 8.60. The van der Waals surface area contributed by atoms with Gasteiger partial charge in [-0.05, 0) is 38.8 Å². The van der Waals surface area contributed by atoms with E-state index in [-0.39, 0.29) is 18.1 Å². The third kappa shape index (κ3) is 2.78. The normalized spacial score (nSPS) is 24.0. The molecular weight excluding hydrogens is 324 g/mol. The Hall–Kier alpha value is -1.66. The zero-order chi connectivity index (χ0) is 16.7. The second kappa shape index (κ2) is 6.33. The number of carbonyl (C=O) groups is 1. The number of nitrogens with zero attached hydrogens (tertiary/aromatic N) is 2. The SMILES string of the molecule is Cc1ccc(-c2nc(C)c(C(=O)N3CCO[C@@H]4CCCC[C@@H]43)s2)o1. The standard InChI is InChI=1S/C18H22N2O3S/c1-11-7-8-15(23-11)17-19-12(2)16(24-17)18(21)20-9-10-22-14-6-4-3-5-13(14)20/h7-8,13-14H,3-6,9-10H2,1-2H3/t13-,14+/m0/s1. The van der Waals surface area contributed by atoms with E-state index >= 15 is 0 Å². The maximum absolute atomic E-state index is 13.1. The van der Waals surface area contributed by atoms with Crippen molar-refractivity contribution < 1.29 is 13.9 Å². The second-order valence-corrected chi connectivity index (χ2v) is 7.60. The number of rotatable bonds is 2. The van der Waals surface area contributed by atoms with Crippen molar-refractivity contribution in [3.05, 3.63) is 28.5 Å². The number of amides is 1. The predicted molar refractivity (Wildman–Crippen MR) is 92.3 cm³/mol. The van der Waals surface area contributed by atoms with Gasteiger partial charge in [0.25, 0.3) is 5.91 Å². The molecule has 24 heavy (non-hydrogen) atoms. The van der Waals surface area contributed by atoms with Gasteiger partial charge < -0.3 is 14.1 Å². The first kappa shape index (κ1) is 15.8. The number of aryl methyl sites for hydroxylation is 2. The summed E-state index contributed by atoms with van der Waals surface area (Å²) >= 11 is 1.43. The van der Waals surface area contributed by atoms with Crippen LogP contribution < -0.4 is 0 Å². The third-order valence-electron chi connectivity index (χ3n) is 4.93. The Balaban J connectivity index is 1.61. The lowest BCUT2D eigenvalue weighted by molar-refractivity contribution is -0.0751. The summed E-state index contributed by atoms with van der Waals surface area (Å²) in [5, 5.41) is 0.775. The van der Waals surface area contributed by atoms with Crippen molar-refractivity contribution in [1.82, 2.24) is 9.88 Å². The van der Waals surface area contributed by atoms with E-state index in [1.54, 1.807) is 0 Å². The number of fused-ring (bicyclic) bond motifs is 1. The maximum Gasteiger partial charge on any atom is 0.266 e. The van der Waals surface area contributed by atoms with Gasteiger partial charge in [0.05, 0.1) is 24.4 Å². The van der Waals surface area contributed by atoms with Gasteiger partial charge in [0.2, 0.25) is 0 Å². The summed E-state index contributed by atoms with van der Waals surface area (Å²) in [7, 11) is 0. The third-order valence-corrected chi connectivity index (χ3v) is 6.09. The molecule has 2 atom stereocenters. The van der Waals surface area contributed by atoms with Crippen LogP contribution in [0.15, 0.2) is 16.5 Å². The molecular formula is C18H22N2O3S. The van der Waals surface area contributed by atoms with E-state index in [4.69, 9.17) is 9.15 Å². The highest BCUT2D eigenvalue weighted by Crippen LogP contribution is 2.33. The molecule has 128 valence electrons. The second-order valence-electron chi connectivity index (χ2n) is 6.60. The van der Waals surface area contributed by atoms with Crippen LogP contribution in [-0.4, -0.2) is 41.1 Å². The number of hydrogen-bond donors (Lipinski definition) is 0. The molecule has 0 N–H and O–H groups in total. The highest BCUT2D eigenvalue weighted by molar-refractivity contribution is 7.17. The summed E-state index contributed by atoms with van der Waals surface area (Å²) in [5.74, 6) is 1.68. The average molecular weight is 346 g/mol. The summed E-state index contributed by atoms with van der Waals surface area (Å²) in [5.41, 5.74) is 0.785. The van der Waals surface area contributed by atoms with Gasteiger partial charge in [-0.15, -0.1) is 11.3 Å². The molecule has 1 saturated carbocycles. The summed E-state index contributed by atoms with van der Waals surface area (Å²) in [4.78, 5) is 20.4. The lowest BCUT2D eigenvalue weighted by Gasteiger charge is -2.43. The molecule has 0 radical (unpaired) electrons. The van der Waals surface area contributed by atoms with Gasteiger partial charge in [-0.2, -0.15) is 0 Å². The van der Waals surface area contributed by atoms with Crippen LogP contribution in [0.4, 0.5) is 0 Å². The maximum atomic E-state index is 13.1. The zero-order valence-electron chi connectivity index (χ0n) is 14.1. The van der Waals surface area contributed by atoms with Crippen LogP contribution in [0.2, 0.25) is 0 Å². The molecule has 0 unspecified atom stereocenters. The molecule has 2 aromatic heterocycles. The fourth-order valence-electron chi connectivity index (χ4n) is 3.73. The Labute approximate surface area is 145 Å². The van der Waals surface area contributed by atoms with Crippen molar-refractivity contribution in [3.8, 4) is 10.8 Å². The molecule has 1 aliphatic carbocycles. The monoisotopic (exact) mass is 346 g/mol. The smallest absolute Gasteiger partial charge is 0.266 e. The highest BCUT2D eigenvalue weighted by atomic mass is 32.1. The van der Waals surface area contributed by atoms with Crippen molar-refractivity contribution in [1.29, 1.82) is 0 Å². The molecule has 2 aliphatic rings. The summed E-state index contributed by atoms with van der Waals surface area (Å²) < 4.78 is 11.5. The number of hydrogen-bond acceptors (Lipinski definition) is 5. The van der Waals surface area contributed by atoms with E-state index in [9.17, 15) is 4.79 Å². The Morgan fingerprint density at radius 2 is 2.12 bits per heavy atom. The van der Waals surface area contributed by atoms with Gasteiger partial charge in [-0.1, -0.05) is 12.8 Å². The minimum atomic E-state index is 0.0970. The van der Waals surface area contributed by atoms with Crippen LogP contribution in [0.1, 0.15) is 46.8 Å². The van der Waals surface area contributed by atoms with Gasteiger partial charge in [0.15, 0.2) is 10.8 Å². The predicted octanol–water partition coefficient (Wildman–Crippen LogP) is 3.80. The van der Waals surface area contributed by atoms with Crippen LogP contribution in [0.25, 0.3) is 10.8 Å². The van der Waals surface area contributed by atoms with Crippen molar-refractivity contribution in [2.45, 2.75) is 51.7 Å². The molecule has 4 rings (SSSR count). The molecule has 2 fully saturated rings. The molecule has 0 bridgehead atoms. The van der Waals surface area contributed by atoms with E-state index in [0.717, 1.165) is 39.9 Å². The lowest BCUT2D eigenvalue weighted by atomic mass is 9.90. The van der Waals surface area contributed by atoms with E-state index in [1.807, 2.05) is 30.9 Å². The molecule has 0 aromatic carbocycles. The van der Waals surface area contributed by atoms with E-state index in [2.05, 4.69) is 4.98 Å². The van der Waals surface area contributed by atoms with Crippen LogP contribution in [0.5, 0.6) is 0 Å². The van der Waals surface area contributed by atoms with Crippen molar-refractivity contribution in [3.63, 3.8) is 0 Å². The summed E-state index contributed by atoms with van der Waals surface area (Å²) in [6, 6.07) is 4.05. The fraction of sp³-hybridized carbons (Fsp3) is 0.556. The average Bonchev–Trinajstić information content (AvgIpc) is 3.19. The number of furan rings is 1. The van der Waals surface area contributed by atoms with Gasteiger partial charge in [-0.3, -0.25) is 4.79 Å². The van der Waals surface area contributed by atoms with Crippen LogP contribution >= 0.6 is 11.3 Å². The number of morpholine rings is 1. The van der Waals surface area contributed by atoms with Crippen LogP contribution in [0.3, 0.4) is 0 Å². The lowest BCUT2D eigenvalue weighted by Crippen LogP contribution is -2.54. The highest BCUT2D eigenvalue weighted by Gasteiger charge is 2.38. The Morgan fingerprint density at radius 1 is 1.29 bits per heavy atom. The topological polar surface area (TPSA) is 55.6 Å². The summed E-state index contributed by atoms with van der Waals surface area (Å²) in [6.45, 7) is 5.12. The molecule has 5 nitrogen and oxygen atoms in total. The Kier molecular flexibility index (Phi) is 4.18. The van der Waals surface area contributed by atoms with Crippen molar-refractivity contribution in [2.75, 3.05) is 13.2 Å². The fourth-order valence-corrected chi connectivity index (χ4v) is 4.71. The molecule has 1 amide bonds. The van der Waals surface area contributed by atoms with Crippen molar-refractivity contribution in [2.24, 2.45) is 0 Å². The van der Waals surface area contributed by atoms with Crippen molar-refractivity contribution >= 4 is 17.2 Å². The van der Waals surface area contributed by atoms with Gasteiger partial charge in [0, 0.05) is 6.54 Å². The quantitative estimate of drug-likeness (QED) is 0.830. The van der Waals surface area contributed by atoms with E-state index in [1.165, 1.54) is 24.2 Å². The number of thiazole rings is 1. The summed E-state index contributed by atoms with van der Waals surface area (Å²) in [6.07, 6.45) is 4.68. The molecule has 2 aromatic rings. The van der Waals surface area contributed by atoms with E-state index in [0.29, 0.717) is 13.2 Å². The first-order valence-corrected chi connectivity index (χ1v) is 9.42.